The van der Waals surface area contributed by atoms with E-state index in [1.54, 1.807) is 11.3 Å². The number of hydrogen-bond donors (Lipinski definition) is 1. The van der Waals surface area contributed by atoms with E-state index in [4.69, 9.17) is 0 Å². The maximum atomic E-state index is 10.4. The quantitative estimate of drug-likeness (QED) is 0.531. The van der Waals surface area contributed by atoms with Gasteiger partial charge in [0.1, 0.15) is 0 Å². The Balaban J connectivity index is 2.34. The standard InChI is InChI=1S/C7H7NO2S/c9-4-7(10)8-3-6-1-2-11-5-6/h1-2,4-5H,3H2,(H,8,10). The molecule has 3 nitrogen and oxygen atoms in total. The molecule has 0 atom stereocenters. The molecule has 58 valence electrons. The van der Waals surface area contributed by atoms with Crippen molar-refractivity contribution < 1.29 is 9.59 Å². The first-order chi connectivity index (χ1) is 5.33. The minimum Gasteiger partial charge on any atom is -0.346 e. The molecule has 1 aromatic rings. The Morgan fingerprint density at radius 1 is 1.73 bits per heavy atom. The monoisotopic (exact) mass is 169 g/mol. The minimum atomic E-state index is -0.573. The molecule has 0 saturated heterocycles. The van der Waals surface area contributed by atoms with Gasteiger partial charge in [-0.25, -0.2) is 0 Å². The van der Waals surface area contributed by atoms with E-state index in [1.807, 2.05) is 16.8 Å². The fourth-order valence-corrected chi connectivity index (χ4v) is 1.29. The van der Waals surface area contributed by atoms with Gasteiger partial charge in [0.25, 0.3) is 5.91 Å². The van der Waals surface area contributed by atoms with E-state index in [-0.39, 0.29) is 6.29 Å². The van der Waals surface area contributed by atoms with E-state index < -0.39 is 5.91 Å². The molecule has 1 amide bonds. The van der Waals surface area contributed by atoms with Crippen LogP contribution in [0, 0.1) is 0 Å². The molecule has 1 N–H and O–H groups in total. The van der Waals surface area contributed by atoms with Crippen LogP contribution in [-0.2, 0) is 16.1 Å². The van der Waals surface area contributed by atoms with Crippen molar-refractivity contribution in [3.05, 3.63) is 22.4 Å². The molecule has 1 aromatic heterocycles. The molecule has 0 fully saturated rings. The Morgan fingerprint density at radius 2 is 2.55 bits per heavy atom. The zero-order chi connectivity index (χ0) is 8.10. The summed E-state index contributed by atoms with van der Waals surface area (Å²) in [5.41, 5.74) is 1.02. The maximum Gasteiger partial charge on any atom is 0.284 e. The zero-order valence-electron chi connectivity index (χ0n) is 5.74. The average Bonchev–Trinajstić information content (AvgIpc) is 2.52. The van der Waals surface area contributed by atoms with Crippen molar-refractivity contribution in [2.75, 3.05) is 0 Å². The van der Waals surface area contributed by atoms with Crippen molar-refractivity contribution in [1.82, 2.24) is 5.32 Å². The van der Waals surface area contributed by atoms with E-state index in [1.165, 1.54) is 0 Å². The third-order valence-electron chi connectivity index (χ3n) is 1.15. The Bertz CT molecular complexity index is 243. The van der Waals surface area contributed by atoms with Gasteiger partial charge in [0, 0.05) is 6.54 Å². The second-order valence-electron chi connectivity index (χ2n) is 1.97. The molecule has 0 aliphatic heterocycles. The van der Waals surface area contributed by atoms with E-state index in [0.717, 1.165) is 5.56 Å². The van der Waals surface area contributed by atoms with Crippen molar-refractivity contribution in [3.8, 4) is 0 Å². The number of nitrogens with one attached hydrogen (secondary N) is 1. The Labute approximate surface area is 68.0 Å². The number of rotatable bonds is 3. The van der Waals surface area contributed by atoms with Gasteiger partial charge in [-0.1, -0.05) is 0 Å². The number of carbonyl (C=O) groups is 2. The van der Waals surface area contributed by atoms with Crippen LogP contribution in [-0.4, -0.2) is 12.2 Å². The van der Waals surface area contributed by atoms with Crippen LogP contribution in [0.5, 0.6) is 0 Å². The number of amides is 1. The van der Waals surface area contributed by atoms with Crippen LogP contribution >= 0.6 is 11.3 Å². The van der Waals surface area contributed by atoms with Gasteiger partial charge in [0.15, 0.2) is 0 Å². The highest BCUT2D eigenvalue weighted by atomic mass is 32.1. The van der Waals surface area contributed by atoms with Gasteiger partial charge in [-0.05, 0) is 22.4 Å². The molecule has 0 aliphatic rings. The first kappa shape index (κ1) is 7.94. The van der Waals surface area contributed by atoms with E-state index in [2.05, 4.69) is 5.32 Å². The molecule has 0 aromatic carbocycles. The predicted molar refractivity (Wildman–Crippen MR) is 42.2 cm³/mol. The minimum absolute atomic E-state index is 0.270. The van der Waals surface area contributed by atoms with Crippen molar-refractivity contribution >= 4 is 23.5 Å². The van der Waals surface area contributed by atoms with Gasteiger partial charge in [-0.2, -0.15) is 11.3 Å². The molecule has 0 saturated carbocycles. The second kappa shape index (κ2) is 3.88. The molecule has 4 heteroatoms. The first-order valence-electron chi connectivity index (χ1n) is 3.07. The molecular formula is C7H7NO2S. The lowest BCUT2D eigenvalue weighted by Crippen LogP contribution is -2.22. The zero-order valence-corrected chi connectivity index (χ0v) is 6.56. The number of thiophene rings is 1. The van der Waals surface area contributed by atoms with Crippen LogP contribution in [0.1, 0.15) is 5.56 Å². The molecule has 0 spiro atoms. The van der Waals surface area contributed by atoms with Crippen LogP contribution in [0.15, 0.2) is 16.8 Å². The summed E-state index contributed by atoms with van der Waals surface area (Å²) in [5.74, 6) is -0.573. The summed E-state index contributed by atoms with van der Waals surface area (Å²) in [6.07, 6.45) is 0.270. The second-order valence-corrected chi connectivity index (χ2v) is 2.75. The Hall–Kier alpha value is -1.16. The predicted octanol–water partition coefficient (Wildman–Crippen LogP) is 0.563. The summed E-state index contributed by atoms with van der Waals surface area (Å²) in [4.78, 5) is 20.3. The third kappa shape index (κ3) is 2.51. The highest BCUT2D eigenvalue weighted by molar-refractivity contribution is 7.07. The van der Waals surface area contributed by atoms with Crippen LogP contribution in [0.2, 0.25) is 0 Å². The molecule has 0 bridgehead atoms. The molecule has 1 heterocycles. The van der Waals surface area contributed by atoms with Gasteiger partial charge in [-0.3, -0.25) is 9.59 Å². The van der Waals surface area contributed by atoms with Gasteiger partial charge in [0.05, 0.1) is 0 Å². The van der Waals surface area contributed by atoms with Crippen molar-refractivity contribution in [2.24, 2.45) is 0 Å². The largest absolute Gasteiger partial charge is 0.346 e. The molecule has 0 aliphatic carbocycles. The fourth-order valence-electron chi connectivity index (χ4n) is 0.624. The van der Waals surface area contributed by atoms with Crippen molar-refractivity contribution in [3.63, 3.8) is 0 Å². The lowest BCUT2D eigenvalue weighted by Gasteiger charge is -1.95. The fraction of sp³-hybridized carbons (Fsp3) is 0.143. The Kier molecular flexibility index (Phi) is 2.80. The third-order valence-corrected chi connectivity index (χ3v) is 1.89. The van der Waals surface area contributed by atoms with Gasteiger partial charge in [-0.15, -0.1) is 0 Å². The number of carbonyl (C=O) groups excluding carboxylic acids is 2. The summed E-state index contributed by atoms with van der Waals surface area (Å²) in [5, 5.41) is 6.28. The highest BCUT2D eigenvalue weighted by Gasteiger charge is 1.96. The lowest BCUT2D eigenvalue weighted by molar-refractivity contribution is -0.131. The van der Waals surface area contributed by atoms with Gasteiger partial charge < -0.3 is 5.32 Å². The summed E-state index contributed by atoms with van der Waals surface area (Å²) >= 11 is 1.56. The van der Waals surface area contributed by atoms with E-state index in [0.29, 0.717) is 6.54 Å². The lowest BCUT2D eigenvalue weighted by atomic mass is 10.3. The number of hydrogen-bond acceptors (Lipinski definition) is 3. The van der Waals surface area contributed by atoms with Crippen LogP contribution in [0.3, 0.4) is 0 Å². The van der Waals surface area contributed by atoms with E-state index >= 15 is 0 Å². The van der Waals surface area contributed by atoms with Crippen LogP contribution in [0.4, 0.5) is 0 Å². The maximum absolute atomic E-state index is 10.4. The van der Waals surface area contributed by atoms with E-state index in [9.17, 15) is 9.59 Å². The first-order valence-corrected chi connectivity index (χ1v) is 4.01. The number of aldehydes is 1. The molecule has 0 radical (unpaired) electrons. The van der Waals surface area contributed by atoms with Crippen LogP contribution in [0.25, 0.3) is 0 Å². The van der Waals surface area contributed by atoms with Crippen molar-refractivity contribution in [1.29, 1.82) is 0 Å². The summed E-state index contributed by atoms with van der Waals surface area (Å²) in [7, 11) is 0. The van der Waals surface area contributed by atoms with Gasteiger partial charge >= 0.3 is 0 Å². The Morgan fingerprint density at radius 3 is 3.09 bits per heavy atom. The SMILES string of the molecule is O=CC(=O)NCc1ccsc1. The normalized spacial score (nSPS) is 9.09. The molecule has 11 heavy (non-hydrogen) atoms. The summed E-state index contributed by atoms with van der Waals surface area (Å²) in [6.45, 7) is 0.432. The summed E-state index contributed by atoms with van der Waals surface area (Å²) in [6, 6.07) is 1.90. The smallest absolute Gasteiger partial charge is 0.284 e. The molecule has 0 unspecified atom stereocenters. The topological polar surface area (TPSA) is 46.2 Å². The summed E-state index contributed by atoms with van der Waals surface area (Å²) < 4.78 is 0. The van der Waals surface area contributed by atoms with Crippen molar-refractivity contribution in [2.45, 2.75) is 6.54 Å². The van der Waals surface area contributed by atoms with Gasteiger partial charge in [0.2, 0.25) is 6.29 Å². The molecular weight excluding hydrogens is 162 g/mol. The average molecular weight is 169 g/mol. The highest BCUT2D eigenvalue weighted by Crippen LogP contribution is 2.04. The van der Waals surface area contributed by atoms with Crippen LogP contribution < -0.4 is 5.32 Å². The molecule has 1 rings (SSSR count).